The van der Waals surface area contributed by atoms with Crippen LogP contribution in [0, 0.1) is 6.92 Å². The summed E-state index contributed by atoms with van der Waals surface area (Å²) in [4.78, 5) is 8.06. The molecule has 4 rings (SSSR count). The first-order valence-corrected chi connectivity index (χ1v) is 6.76. The maximum absolute atomic E-state index is 4.64. The van der Waals surface area contributed by atoms with E-state index in [-0.39, 0.29) is 0 Å². The summed E-state index contributed by atoms with van der Waals surface area (Å²) < 4.78 is 0. The standard InChI is InChI=1S/C18H14N2/c1-12-11-15(13-7-3-2-4-8-13)17-14-9-5-6-10-16(14)20-18(17)19-12/h2-11H,1H3,(H,19,20). The van der Waals surface area contributed by atoms with Gasteiger partial charge in [0.15, 0.2) is 0 Å². The Morgan fingerprint density at radius 1 is 0.900 bits per heavy atom. The maximum atomic E-state index is 4.64. The highest BCUT2D eigenvalue weighted by atomic mass is 14.9. The predicted molar refractivity (Wildman–Crippen MR) is 83.8 cm³/mol. The van der Waals surface area contributed by atoms with E-state index >= 15 is 0 Å². The molecular weight excluding hydrogens is 244 g/mol. The molecule has 1 N–H and O–H groups in total. The van der Waals surface area contributed by atoms with Crippen molar-refractivity contribution in [3.05, 3.63) is 66.4 Å². The Kier molecular flexibility index (Phi) is 2.36. The zero-order chi connectivity index (χ0) is 13.5. The van der Waals surface area contributed by atoms with Gasteiger partial charge in [-0.3, -0.25) is 0 Å². The van der Waals surface area contributed by atoms with Crippen molar-refractivity contribution in [3.63, 3.8) is 0 Å². The van der Waals surface area contributed by atoms with E-state index in [4.69, 9.17) is 0 Å². The smallest absolute Gasteiger partial charge is 0.139 e. The quantitative estimate of drug-likeness (QED) is 0.527. The van der Waals surface area contributed by atoms with Crippen LogP contribution < -0.4 is 0 Å². The van der Waals surface area contributed by atoms with Gasteiger partial charge in [0, 0.05) is 22.0 Å². The number of pyridine rings is 1. The summed E-state index contributed by atoms with van der Waals surface area (Å²) in [5, 5.41) is 2.44. The number of aromatic nitrogens is 2. The molecule has 2 aromatic carbocycles. The lowest BCUT2D eigenvalue weighted by atomic mass is 10.0. The van der Waals surface area contributed by atoms with Crippen molar-refractivity contribution < 1.29 is 0 Å². The summed E-state index contributed by atoms with van der Waals surface area (Å²) in [5.74, 6) is 0. The van der Waals surface area contributed by atoms with Crippen LogP contribution in [0.25, 0.3) is 33.1 Å². The first-order chi connectivity index (χ1) is 9.83. The predicted octanol–water partition coefficient (Wildman–Crippen LogP) is 4.69. The van der Waals surface area contributed by atoms with Gasteiger partial charge in [0.25, 0.3) is 0 Å². The first kappa shape index (κ1) is 11.2. The molecule has 2 aromatic heterocycles. The third-order valence-electron chi connectivity index (χ3n) is 3.68. The zero-order valence-electron chi connectivity index (χ0n) is 11.2. The fraction of sp³-hybridized carbons (Fsp3) is 0.0556. The van der Waals surface area contributed by atoms with E-state index in [0.29, 0.717) is 0 Å². The minimum Gasteiger partial charge on any atom is -0.339 e. The van der Waals surface area contributed by atoms with Crippen LogP contribution in [0.15, 0.2) is 60.7 Å². The van der Waals surface area contributed by atoms with Crippen molar-refractivity contribution in [2.24, 2.45) is 0 Å². The molecule has 2 heteroatoms. The second-order valence-electron chi connectivity index (χ2n) is 5.07. The van der Waals surface area contributed by atoms with Crippen LogP contribution in [-0.2, 0) is 0 Å². The fourth-order valence-corrected chi connectivity index (χ4v) is 2.82. The van der Waals surface area contributed by atoms with Gasteiger partial charge in [0.1, 0.15) is 5.65 Å². The highest BCUT2D eigenvalue weighted by Crippen LogP contribution is 2.33. The molecule has 0 bridgehead atoms. The molecule has 0 aliphatic rings. The number of aromatic amines is 1. The molecule has 4 aromatic rings. The van der Waals surface area contributed by atoms with Crippen molar-refractivity contribution in [3.8, 4) is 11.1 Å². The van der Waals surface area contributed by atoms with Crippen LogP contribution in [0.4, 0.5) is 0 Å². The number of nitrogens with one attached hydrogen (secondary N) is 1. The van der Waals surface area contributed by atoms with Gasteiger partial charge in [-0.2, -0.15) is 0 Å². The fourth-order valence-electron chi connectivity index (χ4n) is 2.82. The molecule has 0 unspecified atom stereocenters. The first-order valence-electron chi connectivity index (χ1n) is 6.76. The normalized spacial score (nSPS) is 11.2. The SMILES string of the molecule is Cc1cc(-c2ccccc2)c2c(n1)[nH]c1ccccc12. The van der Waals surface area contributed by atoms with Crippen molar-refractivity contribution in [2.45, 2.75) is 6.92 Å². The molecule has 2 heterocycles. The Bertz CT molecular complexity index is 905. The van der Waals surface area contributed by atoms with Crippen LogP contribution in [-0.4, -0.2) is 9.97 Å². The van der Waals surface area contributed by atoms with Gasteiger partial charge in [-0.25, -0.2) is 4.98 Å². The number of rotatable bonds is 1. The Morgan fingerprint density at radius 3 is 2.50 bits per heavy atom. The Labute approximate surface area is 117 Å². The molecule has 0 fully saturated rings. The van der Waals surface area contributed by atoms with E-state index in [1.54, 1.807) is 0 Å². The Hall–Kier alpha value is -2.61. The van der Waals surface area contributed by atoms with Gasteiger partial charge < -0.3 is 4.98 Å². The minimum atomic E-state index is 0.963. The summed E-state index contributed by atoms with van der Waals surface area (Å²) >= 11 is 0. The molecule has 0 amide bonds. The van der Waals surface area contributed by atoms with Crippen molar-refractivity contribution in [1.29, 1.82) is 0 Å². The van der Waals surface area contributed by atoms with Gasteiger partial charge in [-0.1, -0.05) is 48.5 Å². The van der Waals surface area contributed by atoms with E-state index in [2.05, 4.69) is 58.5 Å². The molecule has 96 valence electrons. The number of hydrogen-bond donors (Lipinski definition) is 1. The van der Waals surface area contributed by atoms with E-state index in [1.807, 2.05) is 19.1 Å². The number of nitrogens with zero attached hydrogens (tertiary/aromatic N) is 1. The molecule has 0 aliphatic carbocycles. The van der Waals surface area contributed by atoms with Crippen LogP contribution in [0.1, 0.15) is 5.69 Å². The summed E-state index contributed by atoms with van der Waals surface area (Å²) in [6.07, 6.45) is 0. The third kappa shape index (κ3) is 1.62. The average molecular weight is 258 g/mol. The molecule has 0 spiro atoms. The molecule has 2 nitrogen and oxygen atoms in total. The molecule has 0 aliphatic heterocycles. The van der Waals surface area contributed by atoms with Crippen LogP contribution in [0.5, 0.6) is 0 Å². The van der Waals surface area contributed by atoms with Gasteiger partial charge in [0.2, 0.25) is 0 Å². The molecule has 20 heavy (non-hydrogen) atoms. The van der Waals surface area contributed by atoms with Crippen LogP contribution >= 0.6 is 0 Å². The zero-order valence-corrected chi connectivity index (χ0v) is 11.2. The van der Waals surface area contributed by atoms with Crippen molar-refractivity contribution in [1.82, 2.24) is 9.97 Å². The number of benzene rings is 2. The van der Waals surface area contributed by atoms with Gasteiger partial charge in [0.05, 0.1) is 0 Å². The third-order valence-corrected chi connectivity index (χ3v) is 3.68. The summed E-state index contributed by atoms with van der Waals surface area (Å²) in [7, 11) is 0. The molecular formula is C18H14N2. The highest BCUT2D eigenvalue weighted by Gasteiger charge is 2.11. The van der Waals surface area contributed by atoms with E-state index < -0.39 is 0 Å². The second kappa shape index (κ2) is 4.20. The number of hydrogen-bond acceptors (Lipinski definition) is 1. The van der Waals surface area contributed by atoms with Gasteiger partial charge in [-0.15, -0.1) is 0 Å². The van der Waals surface area contributed by atoms with E-state index in [9.17, 15) is 0 Å². The number of fused-ring (bicyclic) bond motifs is 3. The lowest BCUT2D eigenvalue weighted by Gasteiger charge is -2.05. The molecule has 0 radical (unpaired) electrons. The van der Waals surface area contributed by atoms with Gasteiger partial charge in [-0.05, 0) is 30.2 Å². The Morgan fingerprint density at radius 2 is 1.65 bits per heavy atom. The average Bonchev–Trinajstić information content (AvgIpc) is 2.85. The lowest BCUT2D eigenvalue weighted by Crippen LogP contribution is -1.86. The summed E-state index contributed by atoms with van der Waals surface area (Å²) in [6, 6.07) is 21.0. The van der Waals surface area contributed by atoms with Crippen molar-refractivity contribution >= 4 is 21.9 Å². The van der Waals surface area contributed by atoms with Crippen LogP contribution in [0.3, 0.4) is 0 Å². The number of aryl methyl sites for hydroxylation is 1. The summed E-state index contributed by atoms with van der Waals surface area (Å²) in [5.41, 5.74) is 5.60. The largest absolute Gasteiger partial charge is 0.339 e. The molecule has 0 saturated heterocycles. The van der Waals surface area contributed by atoms with E-state index in [0.717, 1.165) is 16.9 Å². The highest BCUT2D eigenvalue weighted by molar-refractivity contribution is 6.12. The number of H-pyrrole nitrogens is 1. The maximum Gasteiger partial charge on any atom is 0.139 e. The topological polar surface area (TPSA) is 28.7 Å². The Balaban J connectivity index is 2.19. The minimum absolute atomic E-state index is 0.963. The van der Waals surface area contributed by atoms with E-state index in [1.165, 1.54) is 21.9 Å². The molecule has 0 atom stereocenters. The molecule has 0 saturated carbocycles. The second-order valence-corrected chi connectivity index (χ2v) is 5.07. The monoisotopic (exact) mass is 258 g/mol. The lowest BCUT2D eigenvalue weighted by molar-refractivity contribution is 1.23. The van der Waals surface area contributed by atoms with Gasteiger partial charge >= 0.3 is 0 Å². The van der Waals surface area contributed by atoms with Crippen LogP contribution in [0.2, 0.25) is 0 Å². The number of para-hydroxylation sites is 1. The summed E-state index contributed by atoms with van der Waals surface area (Å²) in [6.45, 7) is 2.04. The van der Waals surface area contributed by atoms with Crippen molar-refractivity contribution in [2.75, 3.05) is 0 Å².